The van der Waals surface area contributed by atoms with Gasteiger partial charge in [-0.2, -0.15) is 0 Å². The molecule has 23 heavy (non-hydrogen) atoms. The van der Waals surface area contributed by atoms with Crippen molar-refractivity contribution in [2.24, 2.45) is 0 Å². The van der Waals surface area contributed by atoms with Gasteiger partial charge >= 0.3 is 0 Å². The first-order valence-corrected chi connectivity index (χ1v) is 7.40. The van der Waals surface area contributed by atoms with Crippen molar-refractivity contribution >= 4 is 16.6 Å². The van der Waals surface area contributed by atoms with Gasteiger partial charge in [0.25, 0.3) is 5.56 Å². The summed E-state index contributed by atoms with van der Waals surface area (Å²) in [5.41, 5.74) is 5.13. The number of carbonyl (C=O) groups excluding carboxylic acids is 1. The Morgan fingerprint density at radius 3 is 2.30 bits per heavy atom. The third kappa shape index (κ3) is 1.83. The largest absolute Gasteiger partial charge is 0.394 e. The molecule has 5 nitrogen and oxygen atoms in total. The van der Waals surface area contributed by atoms with E-state index in [2.05, 4.69) is 5.43 Å². The smallest absolute Gasteiger partial charge is 0.277 e. The van der Waals surface area contributed by atoms with E-state index in [9.17, 15) is 9.59 Å². The SMILES string of the molecule is O=C1c2ccccc2-c2c1c1ccccc1c(=O)n2NCCO. The third-order valence-corrected chi connectivity index (χ3v) is 4.13. The highest BCUT2D eigenvalue weighted by Crippen LogP contribution is 2.38. The van der Waals surface area contributed by atoms with E-state index in [1.54, 1.807) is 24.3 Å². The van der Waals surface area contributed by atoms with Crippen molar-refractivity contribution in [3.63, 3.8) is 0 Å². The number of pyridine rings is 1. The van der Waals surface area contributed by atoms with Gasteiger partial charge in [-0.1, -0.05) is 42.5 Å². The molecule has 2 aromatic carbocycles. The van der Waals surface area contributed by atoms with Gasteiger partial charge in [0.2, 0.25) is 0 Å². The topological polar surface area (TPSA) is 71.3 Å². The molecule has 0 spiro atoms. The Bertz CT molecular complexity index is 1000. The second kappa shape index (κ2) is 5.07. The van der Waals surface area contributed by atoms with Gasteiger partial charge in [-0.25, -0.2) is 4.68 Å². The maximum atomic E-state index is 12.8. The number of nitrogens with zero attached hydrogens (tertiary/aromatic N) is 1. The molecule has 0 bridgehead atoms. The molecule has 4 rings (SSSR count). The summed E-state index contributed by atoms with van der Waals surface area (Å²) < 4.78 is 1.39. The lowest BCUT2D eigenvalue weighted by atomic mass is 10.0. The summed E-state index contributed by atoms with van der Waals surface area (Å²) in [4.78, 5) is 25.7. The van der Waals surface area contributed by atoms with Crippen LogP contribution < -0.4 is 11.0 Å². The van der Waals surface area contributed by atoms with Crippen LogP contribution >= 0.6 is 0 Å². The molecule has 1 heterocycles. The van der Waals surface area contributed by atoms with Gasteiger partial charge < -0.3 is 10.5 Å². The Labute approximate surface area is 131 Å². The van der Waals surface area contributed by atoms with Crippen LogP contribution in [0.2, 0.25) is 0 Å². The van der Waals surface area contributed by atoms with E-state index in [0.717, 1.165) is 5.56 Å². The minimum Gasteiger partial charge on any atom is -0.394 e. The van der Waals surface area contributed by atoms with Crippen LogP contribution in [0.15, 0.2) is 53.3 Å². The fraction of sp³-hybridized carbons (Fsp3) is 0.111. The van der Waals surface area contributed by atoms with E-state index in [-0.39, 0.29) is 24.5 Å². The number of hydrogen-bond donors (Lipinski definition) is 2. The number of nitrogens with one attached hydrogen (secondary N) is 1. The Morgan fingerprint density at radius 2 is 1.57 bits per heavy atom. The molecule has 0 aliphatic heterocycles. The molecule has 0 saturated carbocycles. The number of fused-ring (bicyclic) bond motifs is 5. The number of ketones is 1. The van der Waals surface area contributed by atoms with Gasteiger partial charge in [0.05, 0.1) is 24.4 Å². The lowest BCUT2D eigenvalue weighted by molar-refractivity contribution is 0.104. The first kappa shape index (κ1) is 13.7. The van der Waals surface area contributed by atoms with E-state index < -0.39 is 0 Å². The zero-order valence-electron chi connectivity index (χ0n) is 12.2. The number of benzene rings is 2. The molecule has 1 aliphatic carbocycles. The third-order valence-electron chi connectivity index (χ3n) is 4.13. The molecule has 5 heteroatoms. The molecule has 1 aromatic heterocycles. The summed E-state index contributed by atoms with van der Waals surface area (Å²) in [5, 5.41) is 10.2. The molecule has 0 radical (unpaired) electrons. The normalized spacial score (nSPS) is 12.3. The van der Waals surface area contributed by atoms with Gasteiger partial charge in [-0.05, 0) is 6.07 Å². The molecule has 0 unspecified atom stereocenters. The minimum atomic E-state index is -0.225. The van der Waals surface area contributed by atoms with Gasteiger partial charge in [-0.15, -0.1) is 0 Å². The maximum Gasteiger partial charge on any atom is 0.277 e. The Morgan fingerprint density at radius 1 is 0.913 bits per heavy atom. The average Bonchev–Trinajstić information content (AvgIpc) is 2.89. The van der Waals surface area contributed by atoms with Crippen LogP contribution in [0, 0.1) is 0 Å². The fourth-order valence-electron chi connectivity index (χ4n) is 3.17. The molecule has 0 atom stereocenters. The van der Waals surface area contributed by atoms with Crippen LogP contribution in [0.5, 0.6) is 0 Å². The zero-order valence-corrected chi connectivity index (χ0v) is 12.2. The van der Waals surface area contributed by atoms with Crippen LogP contribution in [0.3, 0.4) is 0 Å². The molecular weight excluding hydrogens is 292 g/mol. The predicted octanol–water partition coefficient (Wildman–Crippen LogP) is 1.75. The molecular formula is C18H14N2O3. The van der Waals surface area contributed by atoms with Gasteiger partial charge in [-0.3, -0.25) is 9.59 Å². The summed E-state index contributed by atoms with van der Waals surface area (Å²) in [7, 11) is 0. The van der Waals surface area contributed by atoms with Crippen LogP contribution in [0.1, 0.15) is 15.9 Å². The zero-order chi connectivity index (χ0) is 16.0. The standard InChI is InChI=1S/C18H14N2O3/c21-10-9-19-20-16-12-6-2-3-7-13(12)17(22)15(16)11-5-1-4-8-14(11)18(20)23/h1-8,19,21H,9-10H2. The van der Waals surface area contributed by atoms with E-state index in [1.807, 2.05) is 24.3 Å². The average molecular weight is 306 g/mol. The summed E-state index contributed by atoms with van der Waals surface area (Å²) in [6, 6.07) is 14.4. The first-order chi connectivity index (χ1) is 11.2. The highest BCUT2D eigenvalue weighted by molar-refractivity contribution is 6.26. The van der Waals surface area contributed by atoms with Crippen molar-refractivity contribution in [1.29, 1.82) is 0 Å². The summed E-state index contributed by atoms with van der Waals surface area (Å²) in [5.74, 6) is -0.0775. The van der Waals surface area contributed by atoms with Crippen molar-refractivity contribution in [3.8, 4) is 11.3 Å². The predicted molar refractivity (Wildman–Crippen MR) is 88.4 cm³/mol. The van der Waals surface area contributed by atoms with Gasteiger partial charge in [0, 0.05) is 21.9 Å². The molecule has 1 aliphatic rings. The quantitative estimate of drug-likeness (QED) is 0.605. The van der Waals surface area contributed by atoms with Gasteiger partial charge in [0.15, 0.2) is 5.78 Å². The number of aliphatic hydroxyl groups is 1. The monoisotopic (exact) mass is 306 g/mol. The highest BCUT2D eigenvalue weighted by atomic mass is 16.3. The summed E-state index contributed by atoms with van der Waals surface area (Å²) in [6.07, 6.45) is 0. The molecule has 0 amide bonds. The maximum absolute atomic E-state index is 12.8. The van der Waals surface area contributed by atoms with E-state index in [4.69, 9.17) is 5.11 Å². The number of aromatic nitrogens is 1. The second-order valence-corrected chi connectivity index (χ2v) is 5.42. The van der Waals surface area contributed by atoms with Crippen molar-refractivity contribution in [1.82, 2.24) is 4.68 Å². The summed E-state index contributed by atoms with van der Waals surface area (Å²) >= 11 is 0. The molecule has 0 fully saturated rings. The number of rotatable bonds is 3. The Hall–Kier alpha value is -2.92. The van der Waals surface area contributed by atoms with Crippen molar-refractivity contribution in [2.45, 2.75) is 0 Å². The lowest BCUT2D eigenvalue weighted by Gasteiger charge is -2.16. The van der Waals surface area contributed by atoms with Crippen LogP contribution in [0.25, 0.3) is 22.0 Å². The van der Waals surface area contributed by atoms with Crippen LogP contribution in [0.4, 0.5) is 0 Å². The Balaban J connectivity index is 2.16. The second-order valence-electron chi connectivity index (χ2n) is 5.42. The minimum absolute atomic E-state index is 0.0775. The van der Waals surface area contributed by atoms with Crippen molar-refractivity contribution in [3.05, 3.63) is 70.0 Å². The fourth-order valence-corrected chi connectivity index (χ4v) is 3.17. The molecule has 0 saturated heterocycles. The number of carbonyl (C=O) groups is 1. The lowest BCUT2D eigenvalue weighted by Crippen LogP contribution is -2.32. The molecule has 3 aromatic rings. The van der Waals surface area contributed by atoms with E-state index >= 15 is 0 Å². The van der Waals surface area contributed by atoms with Crippen LogP contribution in [-0.4, -0.2) is 28.7 Å². The van der Waals surface area contributed by atoms with Crippen LogP contribution in [-0.2, 0) is 0 Å². The van der Waals surface area contributed by atoms with Gasteiger partial charge in [0.1, 0.15) is 0 Å². The van der Waals surface area contributed by atoms with E-state index in [1.165, 1.54) is 4.68 Å². The molecule has 114 valence electrons. The first-order valence-electron chi connectivity index (χ1n) is 7.40. The van der Waals surface area contributed by atoms with Crippen molar-refractivity contribution in [2.75, 3.05) is 18.6 Å². The highest BCUT2D eigenvalue weighted by Gasteiger charge is 2.32. The van der Waals surface area contributed by atoms with E-state index in [0.29, 0.717) is 27.6 Å². The molecule has 2 N–H and O–H groups in total. The number of aliphatic hydroxyl groups excluding tert-OH is 1. The number of hydrogen-bond acceptors (Lipinski definition) is 4. The summed E-state index contributed by atoms with van der Waals surface area (Å²) in [6.45, 7) is 0.116. The Kier molecular flexibility index (Phi) is 3.02. The van der Waals surface area contributed by atoms with Crippen molar-refractivity contribution < 1.29 is 9.90 Å².